The summed E-state index contributed by atoms with van der Waals surface area (Å²) >= 11 is 5.75. The van der Waals surface area contributed by atoms with Crippen LogP contribution in [0.4, 0.5) is 0 Å². The molecule has 0 aliphatic heterocycles. The van der Waals surface area contributed by atoms with Gasteiger partial charge in [-0.2, -0.15) is 4.31 Å². The average Bonchev–Trinajstić information content (AvgIpc) is 2.77. The molecular weight excluding hydrogens is 444 g/mol. The molecule has 0 spiro atoms. The molecule has 0 aromatic heterocycles. The minimum atomic E-state index is -3.62. The van der Waals surface area contributed by atoms with E-state index in [2.05, 4.69) is 5.32 Å². The highest BCUT2D eigenvalue weighted by atomic mass is 35.5. The van der Waals surface area contributed by atoms with Crippen LogP contribution in [-0.4, -0.2) is 56.6 Å². The summed E-state index contributed by atoms with van der Waals surface area (Å²) in [4.78, 5) is 36.0. The van der Waals surface area contributed by atoms with E-state index in [1.165, 1.54) is 40.7 Å². The molecule has 2 aromatic carbocycles. The highest BCUT2D eigenvalue weighted by molar-refractivity contribution is 7.89. The van der Waals surface area contributed by atoms with E-state index in [9.17, 15) is 22.8 Å². The zero-order valence-corrected chi connectivity index (χ0v) is 18.7. The van der Waals surface area contributed by atoms with Crippen LogP contribution in [0.2, 0.25) is 5.02 Å². The molecule has 31 heavy (non-hydrogen) atoms. The lowest BCUT2D eigenvalue weighted by Crippen LogP contribution is -2.32. The van der Waals surface area contributed by atoms with Crippen molar-refractivity contribution in [2.75, 3.05) is 26.2 Å². The van der Waals surface area contributed by atoms with Gasteiger partial charge in [0.2, 0.25) is 10.0 Å². The molecule has 0 fully saturated rings. The van der Waals surface area contributed by atoms with Crippen LogP contribution in [0.5, 0.6) is 0 Å². The molecule has 1 amide bonds. The number of hydrogen-bond acceptors (Lipinski definition) is 6. The first-order valence-electron chi connectivity index (χ1n) is 9.51. The van der Waals surface area contributed by atoms with Crippen molar-refractivity contribution in [2.45, 2.75) is 18.7 Å². The number of amides is 1. The highest BCUT2D eigenvalue weighted by Crippen LogP contribution is 2.16. The Morgan fingerprint density at radius 2 is 1.48 bits per heavy atom. The van der Waals surface area contributed by atoms with Gasteiger partial charge in [-0.25, -0.2) is 8.42 Å². The van der Waals surface area contributed by atoms with E-state index in [1.54, 1.807) is 26.0 Å². The quantitative estimate of drug-likeness (QED) is 0.425. The number of ketones is 1. The molecule has 0 saturated heterocycles. The lowest BCUT2D eigenvalue weighted by Gasteiger charge is -2.18. The molecule has 0 radical (unpaired) electrons. The van der Waals surface area contributed by atoms with Gasteiger partial charge >= 0.3 is 5.97 Å². The Labute approximate surface area is 186 Å². The maximum atomic E-state index is 12.5. The van der Waals surface area contributed by atoms with Crippen molar-refractivity contribution < 1.29 is 27.5 Å². The Morgan fingerprint density at radius 3 is 2.03 bits per heavy atom. The number of rotatable bonds is 10. The number of Topliss-reactive ketones (excluding diaryl/α,β-unsaturated/α-hetero) is 1. The summed E-state index contributed by atoms with van der Waals surface area (Å²) in [5.74, 6) is -1.76. The first-order chi connectivity index (χ1) is 14.7. The third-order valence-electron chi connectivity index (χ3n) is 4.38. The summed E-state index contributed by atoms with van der Waals surface area (Å²) in [6, 6.07) is 11.5. The topological polar surface area (TPSA) is 110 Å². The number of esters is 1. The third-order valence-corrected chi connectivity index (χ3v) is 6.70. The predicted octanol–water partition coefficient (Wildman–Crippen LogP) is 2.53. The molecule has 166 valence electrons. The first kappa shape index (κ1) is 24.5. The van der Waals surface area contributed by atoms with Crippen molar-refractivity contribution >= 4 is 39.3 Å². The highest BCUT2D eigenvalue weighted by Gasteiger charge is 2.21. The van der Waals surface area contributed by atoms with E-state index in [0.717, 1.165) is 0 Å². The van der Waals surface area contributed by atoms with E-state index >= 15 is 0 Å². The molecule has 0 bridgehead atoms. The Hall–Kier alpha value is -2.75. The standard InChI is InChI=1S/C21H23ClN2O6S/c1-3-24(4-2)31(28,29)18-11-7-16(8-12-18)21(27)23-13-20(26)30-14-19(25)15-5-9-17(22)10-6-15/h5-12H,3-4,13-14H2,1-2H3,(H,23,27). The zero-order valence-electron chi connectivity index (χ0n) is 17.1. The molecule has 0 saturated carbocycles. The van der Waals surface area contributed by atoms with E-state index in [1.807, 2.05) is 0 Å². The van der Waals surface area contributed by atoms with Gasteiger partial charge in [0.25, 0.3) is 5.91 Å². The van der Waals surface area contributed by atoms with Gasteiger partial charge in [0.1, 0.15) is 6.54 Å². The van der Waals surface area contributed by atoms with Crippen LogP contribution >= 0.6 is 11.6 Å². The van der Waals surface area contributed by atoms with Crippen LogP contribution in [0, 0.1) is 0 Å². The second-order valence-corrected chi connectivity index (χ2v) is 8.76. The lowest BCUT2D eigenvalue weighted by molar-refractivity contribution is -0.141. The largest absolute Gasteiger partial charge is 0.456 e. The molecule has 0 unspecified atom stereocenters. The minimum Gasteiger partial charge on any atom is -0.456 e. The van der Waals surface area contributed by atoms with Gasteiger partial charge in [-0.15, -0.1) is 0 Å². The second-order valence-electron chi connectivity index (χ2n) is 6.39. The number of carbonyl (C=O) groups is 3. The molecular formula is C21H23ClN2O6S. The lowest BCUT2D eigenvalue weighted by atomic mass is 10.1. The zero-order chi connectivity index (χ0) is 23.0. The molecule has 0 aliphatic rings. The van der Waals surface area contributed by atoms with Crippen LogP contribution < -0.4 is 5.32 Å². The molecule has 0 heterocycles. The fourth-order valence-corrected chi connectivity index (χ4v) is 4.25. The molecule has 0 aliphatic carbocycles. The van der Waals surface area contributed by atoms with Crippen molar-refractivity contribution in [2.24, 2.45) is 0 Å². The molecule has 1 N–H and O–H groups in total. The van der Waals surface area contributed by atoms with E-state index in [-0.39, 0.29) is 10.5 Å². The number of ether oxygens (including phenoxy) is 1. The van der Waals surface area contributed by atoms with Crippen LogP contribution in [0.25, 0.3) is 0 Å². The summed E-state index contributed by atoms with van der Waals surface area (Å²) in [5, 5.41) is 2.85. The second kappa shape index (κ2) is 11.0. The van der Waals surface area contributed by atoms with Crippen molar-refractivity contribution in [3.8, 4) is 0 Å². The summed E-state index contributed by atoms with van der Waals surface area (Å²) in [6.07, 6.45) is 0. The average molecular weight is 467 g/mol. The maximum absolute atomic E-state index is 12.5. The van der Waals surface area contributed by atoms with Crippen molar-refractivity contribution in [3.05, 3.63) is 64.7 Å². The van der Waals surface area contributed by atoms with E-state index in [4.69, 9.17) is 16.3 Å². The fraction of sp³-hybridized carbons (Fsp3) is 0.286. The normalized spacial score (nSPS) is 11.2. The van der Waals surface area contributed by atoms with Gasteiger partial charge < -0.3 is 10.1 Å². The molecule has 8 nitrogen and oxygen atoms in total. The number of benzene rings is 2. The van der Waals surface area contributed by atoms with E-state index in [0.29, 0.717) is 23.7 Å². The van der Waals surface area contributed by atoms with Crippen LogP contribution in [0.1, 0.15) is 34.6 Å². The monoisotopic (exact) mass is 466 g/mol. The SMILES string of the molecule is CCN(CC)S(=O)(=O)c1ccc(C(=O)NCC(=O)OCC(=O)c2ccc(Cl)cc2)cc1. The number of halogens is 1. The fourth-order valence-electron chi connectivity index (χ4n) is 2.66. The summed E-state index contributed by atoms with van der Waals surface area (Å²) in [5.41, 5.74) is 0.532. The van der Waals surface area contributed by atoms with Crippen LogP contribution in [-0.2, 0) is 19.6 Å². The van der Waals surface area contributed by atoms with Gasteiger partial charge in [-0.1, -0.05) is 25.4 Å². The molecule has 2 rings (SSSR count). The summed E-state index contributed by atoms with van der Waals surface area (Å²) in [6.45, 7) is 3.25. The van der Waals surface area contributed by atoms with Gasteiger partial charge in [-0.05, 0) is 48.5 Å². The number of sulfonamides is 1. The van der Waals surface area contributed by atoms with Gasteiger partial charge in [0.05, 0.1) is 4.90 Å². The van der Waals surface area contributed by atoms with Crippen LogP contribution in [0.15, 0.2) is 53.4 Å². The Morgan fingerprint density at radius 1 is 0.935 bits per heavy atom. The Bertz CT molecular complexity index is 1030. The Balaban J connectivity index is 1.87. The summed E-state index contributed by atoms with van der Waals surface area (Å²) < 4.78 is 31.1. The van der Waals surface area contributed by atoms with Gasteiger partial charge in [0.15, 0.2) is 12.4 Å². The number of nitrogens with zero attached hydrogens (tertiary/aromatic N) is 1. The summed E-state index contributed by atoms with van der Waals surface area (Å²) in [7, 11) is -3.62. The van der Waals surface area contributed by atoms with Crippen molar-refractivity contribution in [3.63, 3.8) is 0 Å². The van der Waals surface area contributed by atoms with Crippen LogP contribution in [0.3, 0.4) is 0 Å². The number of hydrogen-bond donors (Lipinski definition) is 1. The number of nitrogens with one attached hydrogen (secondary N) is 1. The van der Waals surface area contributed by atoms with Gasteiger partial charge in [0, 0.05) is 29.2 Å². The predicted molar refractivity (Wildman–Crippen MR) is 116 cm³/mol. The van der Waals surface area contributed by atoms with E-state index < -0.39 is 40.8 Å². The third kappa shape index (κ3) is 6.61. The smallest absolute Gasteiger partial charge is 0.325 e. The Kier molecular flexibility index (Phi) is 8.73. The van der Waals surface area contributed by atoms with Gasteiger partial charge in [-0.3, -0.25) is 14.4 Å². The van der Waals surface area contributed by atoms with Crippen molar-refractivity contribution in [1.29, 1.82) is 0 Å². The number of carbonyl (C=O) groups excluding carboxylic acids is 3. The molecule has 2 aromatic rings. The molecule has 0 atom stereocenters. The van der Waals surface area contributed by atoms with Crippen molar-refractivity contribution in [1.82, 2.24) is 9.62 Å². The molecule has 10 heteroatoms. The first-order valence-corrected chi connectivity index (χ1v) is 11.3. The maximum Gasteiger partial charge on any atom is 0.325 e. The minimum absolute atomic E-state index is 0.0767.